The molecule has 0 amide bonds. The van der Waals surface area contributed by atoms with Gasteiger partial charge in [-0.2, -0.15) is 0 Å². The quantitative estimate of drug-likeness (QED) is 0.519. The normalized spacial score (nSPS) is 10.7. The summed E-state index contributed by atoms with van der Waals surface area (Å²) < 4.78 is 0. The van der Waals surface area contributed by atoms with Crippen molar-refractivity contribution in [3.8, 4) is 22.5 Å². The Balaban J connectivity index is 2.00. The number of rotatable bonds is 2. The van der Waals surface area contributed by atoms with Crippen LogP contribution in [0.25, 0.3) is 33.3 Å². The fourth-order valence-electron chi connectivity index (χ4n) is 2.80. The molecule has 0 aliphatic rings. The van der Waals surface area contributed by atoms with E-state index in [1.165, 1.54) is 10.8 Å². The summed E-state index contributed by atoms with van der Waals surface area (Å²) in [5.41, 5.74) is 4.28. The fraction of sp³-hybridized carbons (Fsp3) is 0. The summed E-state index contributed by atoms with van der Waals surface area (Å²) >= 11 is 0. The van der Waals surface area contributed by atoms with Crippen molar-refractivity contribution >= 4 is 10.8 Å². The molecule has 0 saturated heterocycles. The molecule has 0 aliphatic heterocycles. The molecule has 2 nitrogen and oxygen atoms in total. The zero-order chi connectivity index (χ0) is 14.8. The monoisotopic (exact) mass is 282 g/mol. The Labute approximate surface area is 129 Å². The molecule has 0 saturated carbocycles. The minimum absolute atomic E-state index is 0.992. The van der Waals surface area contributed by atoms with Crippen molar-refractivity contribution in [2.24, 2.45) is 0 Å². The molecular weight excluding hydrogens is 268 g/mol. The van der Waals surface area contributed by atoms with Crippen LogP contribution < -0.4 is 0 Å². The standard InChI is InChI=1S/C20H14N2/c1-3-13-21-19(11-1)17-9-5-8-16-15(17)7-6-10-18(16)20-12-2-4-14-22-20/h1-14H. The molecule has 0 atom stereocenters. The molecule has 0 bridgehead atoms. The molecule has 22 heavy (non-hydrogen) atoms. The van der Waals surface area contributed by atoms with Gasteiger partial charge in [0, 0.05) is 23.5 Å². The smallest absolute Gasteiger partial charge is 0.0708 e. The van der Waals surface area contributed by atoms with Crippen LogP contribution in [0.5, 0.6) is 0 Å². The fourth-order valence-corrected chi connectivity index (χ4v) is 2.80. The topological polar surface area (TPSA) is 25.8 Å². The molecule has 2 aromatic carbocycles. The van der Waals surface area contributed by atoms with E-state index in [-0.39, 0.29) is 0 Å². The van der Waals surface area contributed by atoms with Gasteiger partial charge in [0.15, 0.2) is 0 Å². The molecule has 0 fully saturated rings. The Kier molecular flexibility index (Phi) is 3.13. The lowest BCUT2D eigenvalue weighted by atomic mass is 9.96. The Bertz CT molecular complexity index is 837. The third-order valence-electron chi connectivity index (χ3n) is 3.80. The lowest BCUT2D eigenvalue weighted by Gasteiger charge is -2.10. The largest absolute Gasteiger partial charge is 0.256 e. The summed E-state index contributed by atoms with van der Waals surface area (Å²) in [6.45, 7) is 0. The first-order chi connectivity index (χ1) is 10.9. The van der Waals surface area contributed by atoms with Gasteiger partial charge in [-0.05, 0) is 35.0 Å². The number of pyridine rings is 2. The highest BCUT2D eigenvalue weighted by atomic mass is 14.7. The van der Waals surface area contributed by atoms with Crippen molar-refractivity contribution in [2.75, 3.05) is 0 Å². The Hall–Kier alpha value is -3.00. The van der Waals surface area contributed by atoms with Crippen LogP contribution in [0.15, 0.2) is 85.2 Å². The molecule has 0 unspecified atom stereocenters. The number of nitrogens with zero attached hydrogens (tertiary/aromatic N) is 2. The molecule has 2 heterocycles. The Morgan fingerprint density at radius 1 is 0.455 bits per heavy atom. The summed E-state index contributed by atoms with van der Waals surface area (Å²) in [6, 6.07) is 24.7. The van der Waals surface area contributed by atoms with Crippen LogP contribution in [0.4, 0.5) is 0 Å². The van der Waals surface area contributed by atoms with Gasteiger partial charge in [-0.15, -0.1) is 0 Å². The molecule has 4 rings (SSSR count). The maximum absolute atomic E-state index is 4.49. The lowest BCUT2D eigenvalue weighted by molar-refractivity contribution is 1.33. The SMILES string of the molecule is c1ccc(-c2cccc3c(-c4ccccn4)cccc23)nc1. The van der Waals surface area contributed by atoms with Crippen molar-refractivity contribution in [2.45, 2.75) is 0 Å². The van der Waals surface area contributed by atoms with Gasteiger partial charge in [-0.3, -0.25) is 9.97 Å². The maximum atomic E-state index is 4.49. The molecule has 2 aromatic heterocycles. The molecule has 4 aromatic rings. The highest BCUT2D eigenvalue weighted by molar-refractivity contribution is 6.03. The van der Waals surface area contributed by atoms with Gasteiger partial charge in [0.1, 0.15) is 0 Å². The third-order valence-corrected chi connectivity index (χ3v) is 3.80. The summed E-state index contributed by atoms with van der Waals surface area (Å²) in [5, 5.41) is 2.40. The molecule has 104 valence electrons. The zero-order valence-corrected chi connectivity index (χ0v) is 12.0. The Morgan fingerprint density at radius 3 is 1.36 bits per heavy atom. The average Bonchev–Trinajstić information content (AvgIpc) is 2.62. The van der Waals surface area contributed by atoms with Crippen molar-refractivity contribution in [3.05, 3.63) is 85.2 Å². The summed E-state index contributed by atoms with van der Waals surface area (Å²) in [4.78, 5) is 8.97. The first-order valence-corrected chi connectivity index (χ1v) is 7.28. The summed E-state index contributed by atoms with van der Waals surface area (Å²) in [6.07, 6.45) is 3.66. The first kappa shape index (κ1) is 12.7. The number of hydrogen-bond donors (Lipinski definition) is 0. The minimum atomic E-state index is 0.992. The van der Waals surface area contributed by atoms with Gasteiger partial charge in [0.05, 0.1) is 11.4 Å². The first-order valence-electron chi connectivity index (χ1n) is 7.28. The summed E-state index contributed by atoms with van der Waals surface area (Å²) in [7, 11) is 0. The minimum Gasteiger partial charge on any atom is -0.256 e. The number of fused-ring (bicyclic) bond motifs is 1. The number of hydrogen-bond acceptors (Lipinski definition) is 2. The van der Waals surface area contributed by atoms with Crippen molar-refractivity contribution < 1.29 is 0 Å². The lowest BCUT2D eigenvalue weighted by Crippen LogP contribution is -1.88. The van der Waals surface area contributed by atoms with Crippen molar-refractivity contribution in [1.82, 2.24) is 9.97 Å². The van der Waals surface area contributed by atoms with E-state index in [2.05, 4.69) is 46.4 Å². The number of aromatic nitrogens is 2. The van der Waals surface area contributed by atoms with E-state index in [0.29, 0.717) is 0 Å². The highest BCUT2D eigenvalue weighted by Crippen LogP contribution is 2.33. The summed E-state index contributed by atoms with van der Waals surface area (Å²) in [5.74, 6) is 0. The van der Waals surface area contributed by atoms with Gasteiger partial charge in [0.25, 0.3) is 0 Å². The molecule has 0 aliphatic carbocycles. The Morgan fingerprint density at radius 2 is 0.955 bits per heavy atom. The van der Waals surface area contributed by atoms with Gasteiger partial charge in [0.2, 0.25) is 0 Å². The van der Waals surface area contributed by atoms with Crippen LogP contribution in [0, 0.1) is 0 Å². The predicted molar refractivity (Wildman–Crippen MR) is 90.4 cm³/mol. The van der Waals surface area contributed by atoms with Gasteiger partial charge >= 0.3 is 0 Å². The van der Waals surface area contributed by atoms with Crippen LogP contribution in [-0.4, -0.2) is 9.97 Å². The molecule has 0 spiro atoms. The van der Waals surface area contributed by atoms with E-state index < -0.39 is 0 Å². The third kappa shape index (κ3) is 2.15. The second kappa shape index (κ2) is 5.41. The van der Waals surface area contributed by atoms with E-state index in [9.17, 15) is 0 Å². The molecule has 0 radical (unpaired) electrons. The average molecular weight is 282 g/mol. The van der Waals surface area contributed by atoms with Crippen molar-refractivity contribution in [3.63, 3.8) is 0 Å². The van der Waals surface area contributed by atoms with Crippen LogP contribution in [0.3, 0.4) is 0 Å². The van der Waals surface area contributed by atoms with E-state index >= 15 is 0 Å². The van der Waals surface area contributed by atoms with E-state index in [1.54, 1.807) is 0 Å². The molecule has 0 N–H and O–H groups in total. The van der Waals surface area contributed by atoms with Gasteiger partial charge in [-0.1, -0.05) is 48.5 Å². The molecule has 2 heteroatoms. The van der Waals surface area contributed by atoms with E-state index in [4.69, 9.17) is 0 Å². The second-order valence-corrected chi connectivity index (χ2v) is 5.14. The van der Waals surface area contributed by atoms with Crippen molar-refractivity contribution in [1.29, 1.82) is 0 Å². The van der Waals surface area contributed by atoms with Crippen LogP contribution in [0.2, 0.25) is 0 Å². The highest BCUT2D eigenvalue weighted by Gasteiger charge is 2.09. The van der Waals surface area contributed by atoms with Gasteiger partial charge in [-0.25, -0.2) is 0 Å². The van der Waals surface area contributed by atoms with Gasteiger partial charge < -0.3 is 0 Å². The molecular formula is C20H14N2. The second-order valence-electron chi connectivity index (χ2n) is 5.14. The predicted octanol–water partition coefficient (Wildman–Crippen LogP) is 4.96. The van der Waals surface area contributed by atoms with E-state index in [1.807, 2.05) is 48.8 Å². The van der Waals surface area contributed by atoms with Crippen LogP contribution in [-0.2, 0) is 0 Å². The maximum Gasteiger partial charge on any atom is 0.0708 e. The van der Waals surface area contributed by atoms with E-state index in [0.717, 1.165) is 22.5 Å². The van der Waals surface area contributed by atoms with Crippen LogP contribution in [0.1, 0.15) is 0 Å². The zero-order valence-electron chi connectivity index (χ0n) is 12.0. The number of benzene rings is 2. The van der Waals surface area contributed by atoms with Crippen LogP contribution >= 0.6 is 0 Å².